The van der Waals surface area contributed by atoms with Crippen molar-refractivity contribution in [2.45, 2.75) is 6.54 Å². The Morgan fingerprint density at radius 3 is 2.72 bits per heavy atom. The maximum Gasteiger partial charge on any atom is 0.253 e. The zero-order valence-electron chi connectivity index (χ0n) is 13.8. The number of hydrogen-bond donors (Lipinski definition) is 0. The van der Waals surface area contributed by atoms with Crippen LogP contribution in [-0.2, 0) is 6.54 Å². The van der Waals surface area contributed by atoms with Crippen LogP contribution in [0.4, 0.5) is 0 Å². The zero-order valence-corrected chi connectivity index (χ0v) is 13.8. The van der Waals surface area contributed by atoms with Crippen molar-refractivity contribution in [3.05, 3.63) is 72.1 Å². The van der Waals surface area contributed by atoms with E-state index < -0.39 is 0 Å². The number of benzene rings is 2. The molecule has 4 rings (SSSR count). The van der Waals surface area contributed by atoms with Gasteiger partial charge in [-0.05, 0) is 48.0 Å². The third-order valence-corrected chi connectivity index (χ3v) is 4.09. The van der Waals surface area contributed by atoms with Crippen molar-refractivity contribution in [2.24, 2.45) is 0 Å². The molecule has 2 aromatic carbocycles. The van der Waals surface area contributed by atoms with Gasteiger partial charge in [0.1, 0.15) is 0 Å². The van der Waals surface area contributed by atoms with Gasteiger partial charge in [-0.25, -0.2) is 4.68 Å². The van der Waals surface area contributed by atoms with E-state index >= 15 is 0 Å². The summed E-state index contributed by atoms with van der Waals surface area (Å²) in [6.45, 7) is 0.743. The molecule has 0 N–H and O–H groups in total. The molecule has 0 unspecified atom stereocenters. The Bertz CT molecular complexity index is 889. The van der Waals surface area contributed by atoms with Crippen molar-refractivity contribution in [3.63, 3.8) is 0 Å². The zero-order chi connectivity index (χ0) is 17.2. The first-order valence-corrected chi connectivity index (χ1v) is 7.95. The van der Waals surface area contributed by atoms with Crippen molar-refractivity contribution in [1.82, 2.24) is 14.7 Å². The molecule has 1 aliphatic heterocycles. The van der Waals surface area contributed by atoms with Gasteiger partial charge in [0, 0.05) is 31.5 Å². The molecule has 0 spiro atoms. The number of fused-ring (bicyclic) bond motifs is 1. The predicted molar refractivity (Wildman–Crippen MR) is 91.9 cm³/mol. The smallest absolute Gasteiger partial charge is 0.253 e. The Balaban J connectivity index is 1.46. The number of amides is 1. The minimum Gasteiger partial charge on any atom is -0.454 e. The molecule has 126 valence electrons. The molecule has 6 nitrogen and oxygen atoms in total. The summed E-state index contributed by atoms with van der Waals surface area (Å²) in [6, 6.07) is 15.0. The van der Waals surface area contributed by atoms with E-state index in [0.29, 0.717) is 12.1 Å². The molecule has 0 radical (unpaired) electrons. The average molecular weight is 335 g/mol. The Labute approximate surface area is 145 Å². The molecule has 2 heterocycles. The molecule has 0 fully saturated rings. The fraction of sp³-hybridized carbons (Fsp3) is 0.158. The van der Waals surface area contributed by atoms with Crippen LogP contribution in [-0.4, -0.2) is 34.4 Å². The van der Waals surface area contributed by atoms with Crippen molar-refractivity contribution >= 4 is 5.91 Å². The molecule has 1 amide bonds. The van der Waals surface area contributed by atoms with Gasteiger partial charge in [0.2, 0.25) is 6.79 Å². The first kappa shape index (κ1) is 15.3. The van der Waals surface area contributed by atoms with E-state index in [0.717, 1.165) is 22.7 Å². The Morgan fingerprint density at radius 1 is 1.16 bits per heavy atom. The van der Waals surface area contributed by atoms with E-state index in [1.807, 2.05) is 54.7 Å². The standard InChI is InChI=1S/C19H17N3O3/c1-21(12-14-3-8-17-18(11-14)25-13-24-17)19(23)15-4-6-16(7-5-15)22-10-2-9-20-22/h2-11H,12-13H2,1H3. The summed E-state index contributed by atoms with van der Waals surface area (Å²) in [4.78, 5) is 14.3. The topological polar surface area (TPSA) is 56.6 Å². The molecule has 1 aliphatic rings. The lowest BCUT2D eigenvalue weighted by Gasteiger charge is -2.18. The van der Waals surface area contributed by atoms with E-state index in [4.69, 9.17) is 9.47 Å². The molecular weight excluding hydrogens is 318 g/mol. The van der Waals surface area contributed by atoms with Crippen LogP contribution in [0.3, 0.4) is 0 Å². The highest BCUT2D eigenvalue weighted by atomic mass is 16.7. The summed E-state index contributed by atoms with van der Waals surface area (Å²) >= 11 is 0. The second-order valence-corrected chi connectivity index (χ2v) is 5.85. The highest BCUT2D eigenvalue weighted by Crippen LogP contribution is 2.32. The number of aromatic nitrogens is 2. The van der Waals surface area contributed by atoms with Gasteiger partial charge in [0.05, 0.1) is 5.69 Å². The minimum absolute atomic E-state index is 0.0373. The fourth-order valence-electron chi connectivity index (χ4n) is 2.78. The summed E-state index contributed by atoms with van der Waals surface area (Å²) in [6.07, 6.45) is 3.58. The molecule has 0 saturated carbocycles. The highest BCUT2D eigenvalue weighted by Gasteiger charge is 2.16. The Hall–Kier alpha value is -3.28. The van der Waals surface area contributed by atoms with Crippen molar-refractivity contribution in [2.75, 3.05) is 13.8 Å². The van der Waals surface area contributed by atoms with E-state index in [1.165, 1.54) is 0 Å². The SMILES string of the molecule is CN(Cc1ccc2c(c1)OCO2)C(=O)c1ccc(-n2cccn2)cc1. The normalized spacial score (nSPS) is 12.2. The van der Waals surface area contributed by atoms with E-state index in [9.17, 15) is 4.79 Å². The molecule has 1 aromatic heterocycles. The molecule has 25 heavy (non-hydrogen) atoms. The molecule has 0 bridgehead atoms. The summed E-state index contributed by atoms with van der Waals surface area (Å²) in [5.74, 6) is 1.43. The van der Waals surface area contributed by atoms with Crippen LogP contribution in [0.5, 0.6) is 11.5 Å². The van der Waals surface area contributed by atoms with Gasteiger partial charge in [-0.1, -0.05) is 6.07 Å². The van der Waals surface area contributed by atoms with Crippen LogP contribution < -0.4 is 9.47 Å². The van der Waals surface area contributed by atoms with Gasteiger partial charge < -0.3 is 14.4 Å². The lowest BCUT2D eigenvalue weighted by atomic mass is 10.1. The van der Waals surface area contributed by atoms with E-state index in [-0.39, 0.29) is 12.7 Å². The van der Waals surface area contributed by atoms with Crippen molar-refractivity contribution in [3.8, 4) is 17.2 Å². The molecular formula is C19H17N3O3. The van der Waals surface area contributed by atoms with Gasteiger partial charge in [0.15, 0.2) is 11.5 Å². The van der Waals surface area contributed by atoms with E-state index in [1.54, 1.807) is 22.8 Å². The third-order valence-electron chi connectivity index (χ3n) is 4.09. The van der Waals surface area contributed by atoms with Gasteiger partial charge >= 0.3 is 0 Å². The number of hydrogen-bond acceptors (Lipinski definition) is 4. The maximum atomic E-state index is 12.6. The lowest BCUT2D eigenvalue weighted by molar-refractivity contribution is 0.0785. The minimum atomic E-state index is -0.0373. The number of carbonyl (C=O) groups is 1. The first-order chi connectivity index (χ1) is 12.2. The van der Waals surface area contributed by atoms with E-state index in [2.05, 4.69) is 5.10 Å². The summed E-state index contributed by atoms with van der Waals surface area (Å²) in [7, 11) is 1.79. The first-order valence-electron chi connectivity index (χ1n) is 7.95. The lowest BCUT2D eigenvalue weighted by Crippen LogP contribution is -2.26. The third kappa shape index (κ3) is 3.06. The van der Waals surface area contributed by atoms with Crippen LogP contribution in [0.2, 0.25) is 0 Å². The predicted octanol–water partition coefficient (Wildman–Crippen LogP) is 2.87. The van der Waals surface area contributed by atoms with Crippen LogP contribution in [0.1, 0.15) is 15.9 Å². The Kier molecular flexibility index (Phi) is 3.85. The largest absolute Gasteiger partial charge is 0.454 e. The van der Waals surface area contributed by atoms with Gasteiger partial charge in [0.25, 0.3) is 5.91 Å². The maximum absolute atomic E-state index is 12.6. The van der Waals surface area contributed by atoms with Crippen molar-refractivity contribution in [1.29, 1.82) is 0 Å². The number of nitrogens with zero attached hydrogens (tertiary/aromatic N) is 3. The number of rotatable bonds is 4. The fourth-order valence-corrected chi connectivity index (χ4v) is 2.78. The Morgan fingerprint density at radius 2 is 1.96 bits per heavy atom. The second kappa shape index (κ2) is 6.32. The van der Waals surface area contributed by atoms with Crippen LogP contribution in [0.15, 0.2) is 60.9 Å². The van der Waals surface area contributed by atoms with Crippen molar-refractivity contribution < 1.29 is 14.3 Å². The molecule has 0 aliphatic carbocycles. The second-order valence-electron chi connectivity index (χ2n) is 5.85. The molecule has 6 heteroatoms. The van der Waals surface area contributed by atoms with Crippen LogP contribution in [0.25, 0.3) is 5.69 Å². The quantitative estimate of drug-likeness (QED) is 0.736. The van der Waals surface area contributed by atoms with Crippen LogP contribution in [0, 0.1) is 0 Å². The van der Waals surface area contributed by atoms with Gasteiger partial charge in [-0.2, -0.15) is 5.10 Å². The average Bonchev–Trinajstić information content (AvgIpc) is 3.32. The molecule has 0 saturated heterocycles. The molecule has 0 atom stereocenters. The highest BCUT2D eigenvalue weighted by molar-refractivity contribution is 5.94. The number of carbonyl (C=O) groups excluding carboxylic acids is 1. The summed E-state index contributed by atoms with van der Waals surface area (Å²) < 4.78 is 12.4. The summed E-state index contributed by atoms with van der Waals surface area (Å²) in [5, 5.41) is 4.18. The van der Waals surface area contributed by atoms with Crippen LogP contribution >= 0.6 is 0 Å². The summed E-state index contributed by atoms with van der Waals surface area (Å²) in [5.41, 5.74) is 2.55. The monoisotopic (exact) mass is 335 g/mol. The van der Waals surface area contributed by atoms with Gasteiger partial charge in [-0.3, -0.25) is 4.79 Å². The molecule has 3 aromatic rings. The number of ether oxygens (including phenoxy) is 2. The van der Waals surface area contributed by atoms with Gasteiger partial charge in [-0.15, -0.1) is 0 Å².